The number of aromatic nitrogens is 1. The maximum atomic E-state index is 13.1. The summed E-state index contributed by atoms with van der Waals surface area (Å²) in [7, 11) is -3.82. The van der Waals surface area contributed by atoms with E-state index in [1.165, 1.54) is 39.9 Å². The van der Waals surface area contributed by atoms with E-state index in [4.69, 9.17) is 16.3 Å². The van der Waals surface area contributed by atoms with Crippen molar-refractivity contribution in [2.75, 3.05) is 11.9 Å². The minimum Gasteiger partial charge on any atom is -0.457 e. The van der Waals surface area contributed by atoms with Gasteiger partial charge in [0.05, 0.1) is 10.6 Å². The molecule has 0 bridgehead atoms. The van der Waals surface area contributed by atoms with Crippen molar-refractivity contribution in [1.29, 1.82) is 0 Å². The number of benzene rings is 3. The molecule has 184 valence electrons. The maximum absolute atomic E-state index is 13.1. The third-order valence-corrected chi connectivity index (χ3v) is 8.72. The second kappa shape index (κ2) is 10.4. The summed E-state index contributed by atoms with van der Waals surface area (Å²) in [5.74, 6) is 1.07. The minimum atomic E-state index is -3.82. The van der Waals surface area contributed by atoms with E-state index in [1.54, 1.807) is 0 Å². The van der Waals surface area contributed by atoms with E-state index in [1.807, 2.05) is 60.0 Å². The highest BCUT2D eigenvalue weighted by molar-refractivity contribution is 7.89. The lowest BCUT2D eigenvalue weighted by atomic mass is 10.2. The van der Waals surface area contributed by atoms with Crippen molar-refractivity contribution in [2.24, 2.45) is 0 Å². The third-order valence-electron chi connectivity index (χ3n) is 5.79. The standard InChI is InChI=1S/C26H22ClN3O4S2/c27-19-10-14-22(15-11-19)36(32,33)30-16-4-7-24(30)25(31)29-26-28-23(17-35-26)18-8-12-21(13-9-18)34-20-5-2-1-3-6-20/h1-3,5-6,8-15,17,24H,4,7,16H2,(H,28,29,31). The number of thiazole rings is 1. The van der Waals surface area contributed by atoms with Gasteiger partial charge >= 0.3 is 0 Å². The quantitative estimate of drug-likeness (QED) is 0.309. The van der Waals surface area contributed by atoms with Gasteiger partial charge in [-0.1, -0.05) is 29.8 Å². The number of carbonyl (C=O) groups is 1. The summed E-state index contributed by atoms with van der Waals surface area (Å²) in [5, 5.41) is 5.50. The molecule has 1 unspecified atom stereocenters. The van der Waals surface area contributed by atoms with Crippen LogP contribution >= 0.6 is 22.9 Å². The molecule has 1 aliphatic heterocycles. The zero-order valence-electron chi connectivity index (χ0n) is 19.0. The number of sulfonamides is 1. The SMILES string of the molecule is O=C(Nc1nc(-c2ccc(Oc3ccccc3)cc2)cs1)C1CCCN1S(=O)(=O)c1ccc(Cl)cc1. The topological polar surface area (TPSA) is 88.6 Å². The van der Waals surface area contributed by atoms with E-state index in [9.17, 15) is 13.2 Å². The van der Waals surface area contributed by atoms with E-state index in [0.717, 1.165) is 11.3 Å². The summed E-state index contributed by atoms with van der Waals surface area (Å²) in [6, 6.07) is 22.2. The van der Waals surface area contributed by atoms with Gasteiger partial charge in [0, 0.05) is 22.5 Å². The van der Waals surface area contributed by atoms with Crippen LogP contribution in [0.15, 0.2) is 89.1 Å². The van der Waals surface area contributed by atoms with Crippen LogP contribution in [0, 0.1) is 0 Å². The average molecular weight is 540 g/mol. The first kappa shape index (κ1) is 24.5. The van der Waals surface area contributed by atoms with Crippen molar-refractivity contribution in [1.82, 2.24) is 9.29 Å². The van der Waals surface area contributed by atoms with E-state index >= 15 is 0 Å². The van der Waals surface area contributed by atoms with E-state index in [2.05, 4.69) is 10.3 Å². The van der Waals surface area contributed by atoms with Crippen LogP contribution in [-0.2, 0) is 14.8 Å². The summed E-state index contributed by atoms with van der Waals surface area (Å²) < 4.78 is 33.3. The highest BCUT2D eigenvalue weighted by Crippen LogP contribution is 2.30. The number of anilines is 1. The van der Waals surface area contributed by atoms with Crippen molar-refractivity contribution < 1.29 is 17.9 Å². The summed E-state index contributed by atoms with van der Waals surface area (Å²) in [6.07, 6.45) is 1.05. The Hall–Kier alpha value is -3.24. The van der Waals surface area contributed by atoms with Crippen LogP contribution in [0.4, 0.5) is 5.13 Å². The fourth-order valence-electron chi connectivity index (χ4n) is 4.00. The summed E-state index contributed by atoms with van der Waals surface area (Å²) in [6.45, 7) is 0.281. The number of hydrogen-bond donors (Lipinski definition) is 1. The molecule has 1 N–H and O–H groups in total. The molecular weight excluding hydrogens is 518 g/mol. The molecule has 1 amide bonds. The van der Waals surface area contributed by atoms with Gasteiger partial charge in [0.2, 0.25) is 15.9 Å². The smallest absolute Gasteiger partial charge is 0.244 e. The lowest BCUT2D eigenvalue weighted by Gasteiger charge is -2.23. The van der Waals surface area contributed by atoms with Gasteiger partial charge in [-0.3, -0.25) is 4.79 Å². The monoisotopic (exact) mass is 539 g/mol. The van der Waals surface area contributed by atoms with Crippen LogP contribution in [0.2, 0.25) is 5.02 Å². The number of para-hydroxylation sites is 1. The van der Waals surface area contributed by atoms with E-state index < -0.39 is 22.0 Å². The fraction of sp³-hybridized carbons (Fsp3) is 0.154. The van der Waals surface area contributed by atoms with E-state index in [0.29, 0.717) is 34.4 Å². The molecule has 4 aromatic rings. The molecule has 7 nitrogen and oxygen atoms in total. The van der Waals surface area contributed by atoms with Crippen LogP contribution in [0.5, 0.6) is 11.5 Å². The second-order valence-electron chi connectivity index (χ2n) is 8.19. The third kappa shape index (κ3) is 5.29. The Labute approximate surface area is 218 Å². The first-order valence-electron chi connectivity index (χ1n) is 11.3. The number of carbonyl (C=O) groups excluding carboxylic acids is 1. The van der Waals surface area contributed by atoms with E-state index in [-0.39, 0.29) is 11.4 Å². The molecule has 1 saturated heterocycles. The highest BCUT2D eigenvalue weighted by Gasteiger charge is 2.39. The van der Waals surface area contributed by atoms with Crippen molar-refractivity contribution in [2.45, 2.75) is 23.8 Å². The Balaban J connectivity index is 1.26. The first-order chi connectivity index (χ1) is 17.4. The van der Waals surface area contributed by atoms with Gasteiger partial charge in [0.1, 0.15) is 17.5 Å². The van der Waals surface area contributed by atoms with Gasteiger partial charge in [0.15, 0.2) is 5.13 Å². The van der Waals surface area contributed by atoms with Gasteiger partial charge < -0.3 is 10.1 Å². The average Bonchev–Trinajstić information content (AvgIpc) is 3.56. The Kier molecular flexibility index (Phi) is 7.06. The number of amides is 1. The predicted molar refractivity (Wildman–Crippen MR) is 141 cm³/mol. The largest absolute Gasteiger partial charge is 0.457 e. The molecule has 2 heterocycles. The Morgan fingerprint density at radius 3 is 2.42 bits per heavy atom. The van der Waals surface area contributed by atoms with Crippen molar-refractivity contribution >= 4 is 44.0 Å². The highest BCUT2D eigenvalue weighted by atomic mass is 35.5. The van der Waals surface area contributed by atoms with Crippen LogP contribution < -0.4 is 10.1 Å². The van der Waals surface area contributed by atoms with Crippen LogP contribution in [0.25, 0.3) is 11.3 Å². The van der Waals surface area contributed by atoms with Gasteiger partial charge in [-0.2, -0.15) is 4.31 Å². The van der Waals surface area contributed by atoms with Gasteiger partial charge in [-0.05, 0) is 73.5 Å². The lowest BCUT2D eigenvalue weighted by Crippen LogP contribution is -2.43. The molecule has 1 aromatic heterocycles. The number of halogens is 1. The molecular formula is C26H22ClN3O4S2. The molecule has 3 aromatic carbocycles. The fourth-order valence-corrected chi connectivity index (χ4v) is 6.51. The number of nitrogens with one attached hydrogen (secondary N) is 1. The lowest BCUT2D eigenvalue weighted by molar-refractivity contribution is -0.119. The van der Waals surface area contributed by atoms with Crippen molar-refractivity contribution in [3.8, 4) is 22.8 Å². The summed E-state index contributed by atoms with van der Waals surface area (Å²) in [4.78, 5) is 17.7. The molecule has 0 aliphatic carbocycles. The van der Waals surface area contributed by atoms with Crippen molar-refractivity contribution in [3.05, 3.63) is 89.3 Å². The summed E-state index contributed by atoms with van der Waals surface area (Å²) >= 11 is 7.18. The molecule has 1 fully saturated rings. The number of hydrogen-bond acceptors (Lipinski definition) is 6. The Bertz CT molecular complexity index is 1460. The molecule has 1 atom stereocenters. The van der Waals surface area contributed by atoms with Crippen LogP contribution in [0.1, 0.15) is 12.8 Å². The molecule has 10 heteroatoms. The number of rotatable bonds is 7. The number of nitrogens with zero attached hydrogens (tertiary/aromatic N) is 2. The molecule has 1 aliphatic rings. The maximum Gasteiger partial charge on any atom is 0.244 e. The zero-order chi connectivity index (χ0) is 25.1. The summed E-state index contributed by atoms with van der Waals surface area (Å²) in [5.41, 5.74) is 1.58. The van der Waals surface area contributed by atoms with Gasteiger partial charge in [-0.15, -0.1) is 11.3 Å². The molecule has 36 heavy (non-hydrogen) atoms. The van der Waals surface area contributed by atoms with Gasteiger partial charge in [0.25, 0.3) is 0 Å². The minimum absolute atomic E-state index is 0.114. The molecule has 0 spiro atoms. The molecule has 0 saturated carbocycles. The number of ether oxygens (including phenoxy) is 1. The predicted octanol–water partition coefficient (Wildman–Crippen LogP) is 6.05. The van der Waals surface area contributed by atoms with Crippen LogP contribution in [-0.4, -0.2) is 36.2 Å². The normalized spacial score (nSPS) is 16.1. The first-order valence-corrected chi connectivity index (χ1v) is 14.0. The molecule has 5 rings (SSSR count). The van der Waals surface area contributed by atoms with Gasteiger partial charge in [-0.25, -0.2) is 13.4 Å². The Morgan fingerprint density at radius 1 is 1.00 bits per heavy atom. The van der Waals surface area contributed by atoms with Crippen LogP contribution in [0.3, 0.4) is 0 Å². The van der Waals surface area contributed by atoms with Crippen molar-refractivity contribution in [3.63, 3.8) is 0 Å². The molecule has 0 radical (unpaired) electrons. The Morgan fingerprint density at radius 2 is 1.69 bits per heavy atom. The second-order valence-corrected chi connectivity index (χ2v) is 11.4. The zero-order valence-corrected chi connectivity index (χ0v) is 21.4.